The summed E-state index contributed by atoms with van der Waals surface area (Å²) in [6.07, 6.45) is 8.32. The second-order valence-corrected chi connectivity index (χ2v) is 7.97. The summed E-state index contributed by atoms with van der Waals surface area (Å²) in [5.74, 6) is -0.929. The number of hydrogen-bond donors (Lipinski definition) is 1. The van der Waals surface area contributed by atoms with E-state index in [4.69, 9.17) is 9.84 Å². The summed E-state index contributed by atoms with van der Waals surface area (Å²) >= 11 is 0. The highest BCUT2D eigenvalue weighted by Crippen LogP contribution is 2.49. The van der Waals surface area contributed by atoms with Crippen LogP contribution in [0.3, 0.4) is 0 Å². The Hall–Kier alpha value is -2.13. The maximum atomic E-state index is 10.7. The molecule has 1 aromatic carbocycles. The van der Waals surface area contributed by atoms with Crippen LogP contribution in [0, 0.1) is 0 Å². The second-order valence-electron chi connectivity index (χ2n) is 7.97. The predicted molar refractivity (Wildman–Crippen MR) is 100 cm³/mol. The van der Waals surface area contributed by atoms with E-state index in [9.17, 15) is 4.79 Å². The van der Waals surface area contributed by atoms with Crippen LogP contribution in [0.2, 0.25) is 0 Å². The van der Waals surface area contributed by atoms with Crippen molar-refractivity contribution in [3.63, 3.8) is 0 Å². The van der Waals surface area contributed by atoms with E-state index >= 15 is 0 Å². The van der Waals surface area contributed by atoms with Crippen LogP contribution in [0.15, 0.2) is 48.1 Å². The number of epoxide rings is 1. The van der Waals surface area contributed by atoms with Crippen LogP contribution >= 0.6 is 0 Å². The normalized spacial score (nSPS) is 27.8. The van der Waals surface area contributed by atoms with Gasteiger partial charge in [-0.2, -0.15) is 0 Å². The molecular formula is C22H26O3. The summed E-state index contributed by atoms with van der Waals surface area (Å²) in [5, 5.41) is 8.78. The quantitative estimate of drug-likeness (QED) is 0.479. The molecule has 0 amide bonds. The minimum Gasteiger partial charge on any atom is -0.478 e. The third-order valence-corrected chi connectivity index (χ3v) is 5.41. The molecule has 1 aliphatic carbocycles. The molecule has 1 unspecified atom stereocenters. The molecule has 2 atom stereocenters. The van der Waals surface area contributed by atoms with Crippen LogP contribution in [-0.4, -0.2) is 17.2 Å². The SMILES string of the molecule is CC1=CCC(C)(C)c2ccc([C@@]3(C)OC3/C=C/C(C)=C/C(=O)O)cc21. The summed E-state index contributed by atoms with van der Waals surface area (Å²) < 4.78 is 5.94. The molecule has 1 fully saturated rings. The number of hydrogen-bond acceptors (Lipinski definition) is 2. The maximum Gasteiger partial charge on any atom is 0.328 e. The van der Waals surface area contributed by atoms with Gasteiger partial charge in [-0.05, 0) is 66.5 Å². The molecule has 1 saturated heterocycles. The summed E-state index contributed by atoms with van der Waals surface area (Å²) in [4.78, 5) is 10.7. The molecule has 0 radical (unpaired) electrons. The first-order chi connectivity index (χ1) is 11.6. The Morgan fingerprint density at radius 3 is 2.72 bits per heavy atom. The number of carboxylic acid groups (broad SMARTS) is 1. The van der Waals surface area contributed by atoms with Crippen molar-refractivity contribution in [2.45, 2.75) is 58.2 Å². The van der Waals surface area contributed by atoms with Crippen LogP contribution in [-0.2, 0) is 20.5 Å². The average molecular weight is 338 g/mol. The monoisotopic (exact) mass is 338 g/mol. The zero-order valence-electron chi connectivity index (χ0n) is 15.6. The van der Waals surface area contributed by atoms with Gasteiger partial charge in [0.1, 0.15) is 11.7 Å². The Balaban J connectivity index is 1.85. The van der Waals surface area contributed by atoms with E-state index in [0.29, 0.717) is 5.57 Å². The van der Waals surface area contributed by atoms with Crippen LogP contribution in [0.5, 0.6) is 0 Å². The van der Waals surface area contributed by atoms with Gasteiger partial charge in [0, 0.05) is 6.08 Å². The lowest BCUT2D eigenvalue weighted by molar-refractivity contribution is -0.131. The van der Waals surface area contributed by atoms with Crippen molar-refractivity contribution in [3.05, 3.63) is 64.8 Å². The lowest BCUT2D eigenvalue weighted by Crippen LogP contribution is -2.22. The van der Waals surface area contributed by atoms with E-state index in [1.54, 1.807) is 6.92 Å². The molecule has 0 aromatic heterocycles. The van der Waals surface area contributed by atoms with Crippen molar-refractivity contribution in [1.29, 1.82) is 0 Å². The molecule has 1 heterocycles. The molecule has 3 heteroatoms. The molecule has 1 N–H and O–H groups in total. The van der Waals surface area contributed by atoms with Crippen LogP contribution < -0.4 is 0 Å². The Kier molecular flexibility index (Phi) is 4.24. The Morgan fingerprint density at radius 2 is 2.04 bits per heavy atom. The Labute approximate surface area is 149 Å². The van der Waals surface area contributed by atoms with Crippen LogP contribution in [0.1, 0.15) is 57.7 Å². The molecule has 2 aliphatic rings. The fourth-order valence-corrected chi connectivity index (χ4v) is 3.56. The second kappa shape index (κ2) is 5.99. The van der Waals surface area contributed by atoms with Crippen molar-refractivity contribution >= 4 is 11.5 Å². The minimum absolute atomic E-state index is 0.0245. The molecule has 3 nitrogen and oxygen atoms in total. The van der Waals surface area contributed by atoms with Gasteiger partial charge < -0.3 is 9.84 Å². The zero-order valence-corrected chi connectivity index (χ0v) is 15.6. The van der Waals surface area contributed by atoms with E-state index in [1.165, 1.54) is 28.3 Å². The van der Waals surface area contributed by atoms with Gasteiger partial charge in [-0.15, -0.1) is 0 Å². The maximum absolute atomic E-state index is 10.7. The topological polar surface area (TPSA) is 49.8 Å². The zero-order chi connectivity index (χ0) is 18.4. The van der Waals surface area contributed by atoms with E-state index < -0.39 is 5.97 Å². The van der Waals surface area contributed by atoms with Gasteiger partial charge in [-0.25, -0.2) is 4.79 Å². The third kappa shape index (κ3) is 3.34. The van der Waals surface area contributed by atoms with Gasteiger partial charge in [0.25, 0.3) is 0 Å². The number of aliphatic carboxylic acids is 1. The van der Waals surface area contributed by atoms with Gasteiger partial charge in [0.05, 0.1) is 0 Å². The van der Waals surface area contributed by atoms with Crippen molar-refractivity contribution in [2.75, 3.05) is 0 Å². The first-order valence-corrected chi connectivity index (χ1v) is 8.73. The molecular weight excluding hydrogens is 312 g/mol. The highest BCUT2D eigenvalue weighted by Gasteiger charge is 2.52. The summed E-state index contributed by atoms with van der Waals surface area (Å²) in [6.45, 7) is 10.6. The van der Waals surface area contributed by atoms with E-state index in [-0.39, 0.29) is 17.1 Å². The molecule has 3 rings (SSSR count). The fourth-order valence-electron chi connectivity index (χ4n) is 3.56. The Morgan fingerprint density at radius 1 is 1.32 bits per heavy atom. The summed E-state index contributed by atoms with van der Waals surface area (Å²) in [7, 11) is 0. The van der Waals surface area contributed by atoms with Crippen molar-refractivity contribution < 1.29 is 14.6 Å². The number of carbonyl (C=O) groups is 1. The Bertz CT molecular complexity index is 811. The molecule has 25 heavy (non-hydrogen) atoms. The lowest BCUT2D eigenvalue weighted by atomic mass is 9.73. The molecule has 1 aromatic rings. The van der Waals surface area contributed by atoms with Gasteiger partial charge >= 0.3 is 5.97 Å². The number of benzene rings is 1. The largest absolute Gasteiger partial charge is 0.478 e. The van der Waals surface area contributed by atoms with Crippen molar-refractivity contribution in [1.82, 2.24) is 0 Å². The summed E-state index contributed by atoms with van der Waals surface area (Å²) in [6, 6.07) is 6.67. The van der Waals surface area contributed by atoms with Gasteiger partial charge in [0.15, 0.2) is 0 Å². The summed E-state index contributed by atoms with van der Waals surface area (Å²) in [5.41, 5.74) is 5.74. The van der Waals surface area contributed by atoms with E-state index in [0.717, 1.165) is 6.42 Å². The van der Waals surface area contributed by atoms with Crippen molar-refractivity contribution in [2.24, 2.45) is 0 Å². The average Bonchev–Trinajstić information content (AvgIpc) is 3.20. The molecule has 0 saturated carbocycles. The predicted octanol–water partition coefficient (Wildman–Crippen LogP) is 4.97. The molecule has 1 aliphatic heterocycles. The standard InChI is InChI=1S/C22H26O3/c1-14(12-20(23)24)6-9-19-22(5,25-19)16-7-8-18-17(13-16)15(2)10-11-21(18,3)4/h6-10,12-13,19H,11H2,1-5H3,(H,23,24)/b9-6+,14-12+/t19?,22-/m1/s1. The minimum atomic E-state index is -0.929. The number of fused-ring (bicyclic) bond motifs is 1. The van der Waals surface area contributed by atoms with Gasteiger partial charge in [-0.1, -0.05) is 44.2 Å². The number of rotatable bonds is 4. The lowest BCUT2D eigenvalue weighted by Gasteiger charge is -2.32. The number of allylic oxidation sites excluding steroid dienone is 4. The highest BCUT2D eigenvalue weighted by atomic mass is 16.6. The van der Waals surface area contributed by atoms with Gasteiger partial charge in [-0.3, -0.25) is 0 Å². The molecule has 132 valence electrons. The van der Waals surface area contributed by atoms with Crippen molar-refractivity contribution in [3.8, 4) is 0 Å². The van der Waals surface area contributed by atoms with Crippen LogP contribution in [0.4, 0.5) is 0 Å². The first kappa shape index (κ1) is 17.7. The molecule has 0 spiro atoms. The van der Waals surface area contributed by atoms with Gasteiger partial charge in [0.2, 0.25) is 0 Å². The first-order valence-electron chi connectivity index (χ1n) is 8.73. The number of carboxylic acids is 1. The smallest absolute Gasteiger partial charge is 0.328 e. The fraction of sp³-hybridized carbons (Fsp3) is 0.409. The molecule has 0 bridgehead atoms. The van der Waals surface area contributed by atoms with E-state index in [1.807, 2.05) is 12.2 Å². The van der Waals surface area contributed by atoms with Crippen LogP contribution in [0.25, 0.3) is 5.57 Å². The van der Waals surface area contributed by atoms with E-state index in [2.05, 4.69) is 52.0 Å². The third-order valence-electron chi connectivity index (χ3n) is 5.41. The number of ether oxygens (including phenoxy) is 1. The highest BCUT2D eigenvalue weighted by molar-refractivity contribution is 5.81.